The highest BCUT2D eigenvalue weighted by atomic mass is 32.2. The molecule has 1 aliphatic heterocycles. The van der Waals surface area contributed by atoms with Crippen LogP contribution in [-0.4, -0.2) is 22.5 Å². The molecule has 1 unspecified atom stereocenters. The summed E-state index contributed by atoms with van der Waals surface area (Å²) in [6, 6.07) is 6.75. The predicted octanol–water partition coefficient (Wildman–Crippen LogP) is 3.43. The Morgan fingerprint density at radius 2 is 2.26 bits per heavy atom. The zero-order chi connectivity index (χ0) is 13.2. The second-order valence-electron chi connectivity index (χ2n) is 5.13. The van der Waals surface area contributed by atoms with Crippen molar-refractivity contribution < 1.29 is 0 Å². The van der Waals surface area contributed by atoms with Crippen molar-refractivity contribution in [2.45, 2.75) is 25.8 Å². The zero-order valence-electron chi connectivity index (χ0n) is 11.1. The van der Waals surface area contributed by atoms with Crippen LogP contribution in [0.15, 0.2) is 24.4 Å². The number of rotatable bonds is 2. The van der Waals surface area contributed by atoms with Gasteiger partial charge in [0.25, 0.3) is 0 Å². The standard InChI is InChI=1S/C15H19N3S/c1-10-7-12-13(8-17-10)14(16)4-5-15(12)18-11-3-2-6-19-9-11/h4-5,7-8,11,18H,2-3,6,9,16H2,1H3. The van der Waals surface area contributed by atoms with Crippen molar-refractivity contribution in [1.82, 2.24) is 4.98 Å². The first kappa shape index (κ1) is 12.6. The number of thioether (sulfide) groups is 1. The Balaban J connectivity index is 1.98. The normalized spacial score (nSPS) is 19.5. The molecule has 1 aromatic carbocycles. The van der Waals surface area contributed by atoms with E-state index in [2.05, 4.69) is 22.4 Å². The minimum Gasteiger partial charge on any atom is -0.398 e. The van der Waals surface area contributed by atoms with Crippen molar-refractivity contribution >= 4 is 33.9 Å². The van der Waals surface area contributed by atoms with E-state index in [0.717, 1.165) is 16.8 Å². The Labute approximate surface area is 118 Å². The lowest BCUT2D eigenvalue weighted by atomic mass is 10.1. The number of anilines is 2. The molecule has 1 aromatic heterocycles. The Bertz CT molecular complexity index is 591. The Hall–Kier alpha value is -1.42. The van der Waals surface area contributed by atoms with E-state index in [9.17, 15) is 0 Å². The fraction of sp³-hybridized carbons (Fsp3) is 0.400. The maximum absolute atomic E-state index is 6.04. The maximum atomic E-state index is 6.04. The molecule has 0 bridgehead atoms. The summed E-state index contributed by atoms with van der Waals surface area (Å²) in [5.74, 6) is 2.49. The topological polar surface area (TPSA) is 50.9 Å². The summed E-state index contributed by atoms with van der Waals surface area (Å²) in [4.78, 5) is 4.34. The number of benzene rings is 1. The quantitative estimate of drug-likeness (QED) is 0.823. The van der Waals surface area contributed by atoms with Crippen LogP contribution in [0.25, 0.3) is 10.8 Å². The number of nitrogens with two attached hydrogens (primary N) is 1. The van der Waals surface area contributed by atoms with Gasteiger partial charge in [-0.15, -0.1) is 0 Å². The van der Waals surface area contributed by atoms with Gasteiger partial charge in [0.1, 0.15) is 0 Å². The third-order valence-corrected chi connectivity index (χ3v) is 4.81. The van der Waals surface area contributed by atoms with Gasteiger partial charge >= 0.3 is 0 Å². The van der Waals surface area contributed by atoms with Gasteiger partial charge in [-0.05, 0) is 43.7 Å². The average molecular weight is 273 g/mol. The first-order chi connectivity index (χ1) is 9.24. The van der Waals surface area contributed by atoms with E-state index in [4.69, 9.17) is 5.73 Å². The Kier molecular flexibility index (Phi) is 3.51. The van der Waals surface area contributed by atoms with Crippen LogP contribution < -0.4 is 11.1 Å². The smallest absolute Gasteiger partial charge is 0.0425 e. The van der Waals surface area contributed by atoms with Crippen LogP contribution >= 0.6 is 11.8 Å². The molecule has 0 aliphatic carbocycles. The summed E-state index contributed by atoms with van der Waals surface area (Å²) in [5, 5.41) is 5.90. The summed E-state index contributed by atoms with van der Waals surface area (Å²) in [5.41, 5.74) is 9.04. The van der Waals surface area contributed by atoms with Gasteiger partial charge < -0.3 is 11.1 Å². The van der Waals surface area contributed by atoms with E-state index in [1.807, 2.05) is 30.9 Å². The molecule has 1 atom stereocenters. The number of fused-ring (bicyclic) bond motifs is 1. The molecule has 1 saturated heterocycles. The molecule has 3 nitrogen and oxygen atoms in total. The van der Waals surface area contributed by atoms with Gasteiger partial charge in [0.15, 0.2) is 0 Å². The lowest BCUT2D eigenvalue weighted by Crippen LogP contribution is -2.25. The number of aromatic nitrogens is 1. The van der Waals surface area contributed by atoms with Gasteiger partial charge in [-0.3, -0.25) is 4.98 Å². The molecule has 1 aliphatic rings. The van der Waals surface area contributed by atoms with Gasteiger partial charge in [-0.1, -0.05) is 0 Å². The molecule has 3 rings (SSSR count). The molecule has 2 aromatic rings. The molecule has 0 radical (unpaired) electrons. The summed E-state index contributed by atoms with van der Waals surface area (Å²) in [6.07, 6.45) is 4.43. The molecular weight excluding hydrogens is 254 g/mol. The minimum atomic E-state index is 0.569. The van der Waals surface area contributed by atoms with E-state index < -0.39 is 0 Å². The first-order valence-corrected chi connectivity index (χ1v) is 7.88. The molecule has 0 amide bonds. The Morgan fingerprint density at radius 1 is 1.37 bits per heavy atom. The van der Waals surface area contributed by atoms with Gasteiger partial charge in [-0.2, -0.15) is 11.8 Å². The lowest BCUT2D eigenvalue weighted by molar-refractivity contribution is 0.686. The molecule has 19 heavy (non-hydrogen) atoms. The number of nitrogens with one attached hydrogen (secondary N) is 1. The van der Waals surface area contributed by atoms with Crippen molar-refractivity contribution in [2.75, 3.05) is 22.6 Å². The summed E-state index contributed by atoms with van der Waals surface area (Å²) < 4.78 is 0. The molecule has 100 valence electrons. The number of nitrogens with zero attached hydrogens (tertiary/aromatic N) is 1. The van der Waals surface area contributed by atoms with E-state index >= 15 is 0 Å². The highest BCUT2D eigenvalue weighted by Crippen LogP contribution is 2.30. The number of nitrogen functional groups attached to an aromatic ring is 1. The molecule has 2 heterocycles. The van der Waals surface area contributed by atoms with Crippen LogP contribution in [0.1, 0.15) is 18.5 Å². The van der Waals surface area contributed by atoms with Gasteiger partial charge in [0, 0.05) is 45.8 Å². The van der Waals surface area contributed by atoms with Crippen molar-refractivity contribution in [2.24, 2.45) is 0 Å². The second-order valence-corrected chi connectivity index (χ2v) is 6.28. The first-order valence-electron chi connectivity index (χ1n) is 6.73. The number of aryl methyl sites for hydroxylation is 1. The van der Waals surface area contributed by atoms with Crippen LogP contribution in [0.4, 0.5) is 11.4 Å². The number of pyridine rings is 1. The molecule has 0 spiro atoms. The van der Waals surface area contributed by atoms with E-state index in [0.29, 0.717) is 6.04 Å². The van der Waals surface area contributed by atoms with Crippen LogP contribution in [0.2, 0.25) is 0 Å². The fourth-order valence-electron chi connectivity index (χ4n) is 2.57. The summed E-state index contributed by atoms with van der Waals surface area (Å²) >= 11 is 2.03. The van der Waals surface area contributed by atoms with Crippen LogP contribution in [0.3, 0.4) is 0 Å². The predicted molar refractivity (Wildman–Crippen MR) is 84.9 cm³/mol. The summed E-state index contributed by atoms with van der Waals surface area (Å²) in [6.45, 7) is 2.02. The van der Waals surface area contributed by atoms with E-state index in [-0.39, 0.29) is 0 Å². The van der Waals surface area contributed by atoms with Gasteiger partial charge in [-0.25, -0.2) is 0 Å². The van der Waals surface area contributed by atoms with Gasteiger partial charge in [0.2, 0.25) is 0 Å². The number of hydrogen-bond donors (Lipinski definition) is 2. The monoisotopic (exact) mass is 273 g/mol. The molecule has 3 N–H and O–H groups in total. The zero-order valence-corrected chi connectivity index (χ0v) is 12.0. The number of hydrogen-bond acceptors (Lipinski definition) is 4. The van der Waals surface area contributed by atoms with Crippen LogP contribution in [0.5, 0.6) is 0 Å². The van der Waals surface area contributed by atoms with Crippen molar-refractivity contribution in [3.8, 4) is 0 Å². The molecule has 4 heteroatoms. The van der Waals surface area contributed by atoms with E-state index in [1.54, 1.807) is 0 Å². The molecule has 1 fully saturated rings. The third kappa shape index (κ3) is 2.63. The summed E-state index contributed by atoms with van der Waals surface area (Å²) in [7, 11) is 0. The highest BCUT2D eigenvalue weighted by molar-refractivity contribution is 7.99. The van der Waals surface area contributed by atoms with Crippen LogP contribution in [-0.2, 0) is 0 Å². The van der Waals surface area contributed by atoms with E-state index in [1.165, 1.54) is 35.4 Å². The lowest BCUT2D eigenvalue weighted by Gasteiger charge is -2.24. The van der Waals surface area contributed by atoms with Crippen LogP contribution in [0, 0.1) is 6.92 Å². The largest absolute Gasteiger partial charge is 0.398 e. The fourth-order valence-corrected chi connectivity index (χ4v) is 3.64. The Morgan fingerprint density at radius 3 is 3.05 bits per heavy atom. The maximum Gasteiger partial charge on any atom is 0.0425 e. The highest BCUT2D eigenvalue weighted by Gasteiger charge is 2.15. The second kappa shape index (κ2) is 5.29. The van der Waals surface area contributed by atoms with Crippen molar-refractivity contribution in [3.63, 3.8) is 0 Å². The third-order valence-electron chi connectivity index (χ3n) is 3.59. The SMILES string of the molecule is Cc1cc2c(NC3CCCSC3)ccc(N)c2cn1. The van der Waals surface area contributed by atoms with Crippen molar-refractivity contribution in [3.05, 3.63) is 30.1 Å². The van der Waals surface area contributed by atoms with Crippen molar-refractivity contribution in [1.29, 1.82) is 0 Å². The minimum absolute atomic E-state index is 0.569. The molecule has 0 saturated carbocycles. The van der Waals surface area contributed by atoms with Gasteiger partial charge in [0.05, 0.1) is 0 Å². The average Bonchev–Trinajstić information content (AvgIpc) is 2.43. The molecular formula is C15H19N3S.